The molecule has 1 fully saturated rings. The normalized spacial score (nSPS) is 27.2. The maximum atomic E-state index is 13.0. The average Bonchev–Trinajstić information content (AvgIpc) is 2.67. The Kier molecular flexibility index (Phi) is 1.58. The van der Waals surface area contributed by atoms with E-state index in [0.717, 1.165) is 12.4 Å². The van der Waals surface area contributed by atoms with E-state index in [4.69, 9.17) is 5.73 Å². The molecule has 0 saturated heterocycles. The lowest BCUT2D eigenvalue weighted by Crippen LogP contribution is -2.04. The maximum absolute atomic E-state index is 13.0. The molecule has 0 aromatic carbocycles. The summed E-state index contributed by atoms with van der Waals surface area (Å²) in [4.78, 5) is 3.39. The quantitative estimate of drug-likeness (QED) is 0.687. The van der Waals surface area contributed by atoms with E-state index in [1.54, 1.807) is 0 Å². The second-order valence-corrected chi connectivity index (χ2v) is 3.02. The first kappa shape index (κ1) is 7.61. The summed E-state index contributed by atoms with van der Waals surface area (Å²) in [6.45, 7) is 0. The van der Waals surface area contributed by atoms with Gasteiger partial charge in [0.05, 0.1) is 12.4 Å². The van der Waals surface area contributed by atoms with E-state index in [1.807, 2.05) is 0 Å². The minimum Gasteiger partial charge on any atom is -0.327 e. The minimum absolute atomic E-state index is 0.0867. The van der Waals surface area contributed by atoms with Crippen LogP contribution in [0.1, 0.15) is 17.9 Å². The Balaban J connectivity index is 2.41. The van der Waals surface area contributed by atoms with Crippen LogP contribution in [0, 0.1) is 11.6 Å². The molecule has 1 aromatic rings. The second-order valence-electron chi connectivity index (χ2n) is 3.02. The van der Waals surface area contributed by atoms with E-state index in [2.05, 4.69) is 4.98 Å². The molecule has 1 aromatic heterocycles. The van der Waals surface area contributed by atoms with Gasteiger partial charge in [-0.1, -0.05) is 0 Å². The van der Waals surface area contributed by atoms with Crippen LogP contribution in [0.4, 0.5) is 8.78 Å². The van der Waals surface area contributed by atoms with Crippen molar-refractivity contribution in [2.75, 3.05) is 0 Å². The van der Waals surface area contributed by atoms with Crippen molar-refractivity contribution < 1.29 is 8.78 Å². The third kappa shape index (κ3) is 1.08. The fourth-order valence-electron chi connectivity index (χ4n) is 1.32. The van der Waals surface area contributed by atoms with Crippen LogP contribution in [0.25, 0.3) is 0 Å². The lowest BCUT2D eigenvalue weighted by atomic mass is 10.1. The smallest absolute Gasteiger partial charge is 0.147 e. The van der Waals surface area contributed by atoms with Gasteiger partial charge in [0.15, 0.2) is 0 Å². The number of aromatic nitrogens is 1. The number of nitrogens with zero attached hydrogens (tertiary/aromatic N) is 1. The van der Waals surface area contributed by atoms with Crippen LogP contribution in [-0.2, 0) is 0 Å². The van der Waals surface area contributed by atoms with Crippen LogP contribution < -0.4 is 5.73 Å². The Bertz CT molecular complexity index is 294. The van der Waals surface area contributed by atoms with Crippen LogP contribution in [0.2, 0.25) is 0 Å². The highest BCUT2D eigenvalue weighted by Crippen LogP contribution is 2.40. The Morgan fingerprint density at radius 1 is 1.33 bits per heavy atom. The number of hydrogen-bond donors (Lipinski definition) is 1. The maximum Gasteiger partial charge on any atom is 0.147 e. The molecule has 4 heteroatoms. The van der Waals surface area contributed by atoms with E-state index < -0.39 is 11.6 Å². The Morgan fingerprint density at radius 3 is 2.25 bits per heavy atom. The standard InChI is InChI=1S/C8H8F2N2/c9-5-2-12-3-6(10)8(5)4-1-7(4)11/h2-4,7H,1,11H2. The predicted molar refractivity (Wildman–Crippen MR) is 39.5 cm³/mol. The van der Waals surface area contributed by atoms with Crippen molar-refractivity contribution in [3.63, 3.8) is 0 Å². The summed E-state index contributed by atoms with van der Waals surface area (Å²) >= 11 is 0. The third-order valence-electron chi connectivity index (χ3n) is 2.10. The summed E-state index contributed by atoms with van der Waals surface area (Å²) in [5.74, 6) is -1.33. The van der Waals surface area contributed by atoms with Crippen molar-refractivity contribution in [2.24, 2.45) is 5.73 Å². The number of pyridine rings is 1. The molecule has 2 nitrogen and oxygen atoms in total. The van der Waals surface area contributed by atoms with E-state index in [-0.39, 0.29) is 17.5 Å². The van der Waals surface area contributed by atoms with Crippen LogP contribution in [0.3, 0.4) is 0 Å². The highest BCUT2D eigenvalue weighted by Gasteiger charge is 2.38. The lowest BCUT2D eigenvalue weighted by molar-refractivity contribution is 0.545. The van der Waals surface area contributed by atoms with Crippen molar-refractivity contribution in [1.29, 1.82) is 0 Å². The van der Waals surface area contributed by atoms with Crippen molar-refractivity contribution in [3.05, 3.63) is 29.6 Å². The van der Waals surface area contributed by atoms with Gasteiger partial charge in [-0.2, -0.15) is 0 Å². The molecular weight excluding hydrogens is 162 g/mol. The highest BCUT2D eigenvalue weighted by atomic mass is 19.1. The minimum atomic E-state index is -0.590. The average molecular weight is 170 g/mol. The molecule has 1 aliphatic carbocycles. The molecule has 12 heavy (non-hydrogen) atoms. The molecule has 0 amide bonds. The third-order valence-corrected chi connectivity index (χ3v) is 2.10. The van der Waals surface area contributed by atoms with Crippen molar-refractivity contribution >= 4 is 0 Å². The van der Waals surface area contributed by atoms with Gasteiger partial charge in [-0.25, -0.2) is 8.78 Å². The zero-order valence-electron chi connectivity index (χ0n) is 6.30. The Labute approximate surface area is 68.4 Å². The molecule has 1 aliphatic rings. The predicted octanol–water partition coefficient (Wildman–Crippen LogP) is 1.17. The van der Waals surface area contributed by atoms with Gasteiger partial charge in [0.1, 0.15) is 11.6 Å². The van der Waals surface area contributed by atoms with Crippen LogP contribution in [-0.4, -0.2) is 11.0 Å². The molecule has 0 radical (unpaired) electrons. The molecule has 2 atom stereocenters. The zero-order valence-corrected chi connectivity index (χ0v) is 6.30. The number of halogens is 2. The topological polar surface area (TPSA) is 38.9 Å². The van der Waals surface area contributed by atoms with E-state index in [1.165, 1.54) is 0 Å². The fraction of sp³-hybridized carbons (Fsp3) is 0.375. The molecule has 1 heterocycles. The van der Waals surface area contributed by atoms with E-state index >= 15 is 0 Å². The number of nitrogens with two attached hydrogens (primary N) is 1. The largest absolute Gasteiger partial charge is 0.327 e. The first-order valence-corrected chi connectivity index (χ1v) is 3.74. The van der Waals surface area contributed by atoms with Gasteiger partial charge in [-0.3, -0.25) is 4.98 Å². The zero-order chi connectivity index (χ0) is 8.72. The molecule has 0 aliphatic heterocycles. The molecule has 64 valence electrons. The summed E-state index contributed by atoms with van der Waals surface area (Å²) in [5.41, 5.74) is 5.58. The van der Waals surface area contributed by atoms with Crippen molar-refractivity contribution in [3.8, 4) is 0 Å². The van der Waals surface area contributed by atoms with Crippen molar-refractivity contribution in [1.82, 2.24) is 4.98 Å². The molecule has 2 rings (SSSR count). The van der Waals surface area contributed by atoms with Gasteiger partial charge in [-0.05, 0) is 6.42 Å². The molecule has 0 bridgehead atoms. The van der Waals surface area contributed by atoms with E-state index in [9.17, 15) is 8.78 Å². The monoisotopic (exact) mass is 170 g/mol. The van der Waals surface area contributed by atoms with Crippen LogP contribution in [0.15, 0.2) is 12.4 Å². The molecular formula is C8H8F2N2. The van der Waals surface area contributed by atoms with Crippen LogP contribution >= 0.6 is 0 Å². The second kappa shape index (κ2) is 2.48. The Morgan fingerprint density at radius 2 is 1.83 bits per heavy atom. The molecule has 0 spiro atoms. The number of hydrogen-bond acceptors (Lipinski definition) is 2. The van der Waals surface area contributed by atoms with Gasteiger partial charge in [0.25, 0.3) is 0 Å². The Hall–Kier alpha value is -1.03. The number of rotatable bonds is 1. The van der Waals surface area contributed by atoms with Gasteiger partial charge < -0.3 is 5.73 Å². The van der Waals surface area contributed by atoms with Gasteiger partial charge in [-0.15, -0.1) is 0 Å². The van der Waals surface area contributed by atoms with Gasteiger partial charge >= 0.3 is 0 Å². The first-order chi connectivity index (χ1) is 5.70. The highest BCUT2D eigenvalue weighted by molar-refractivity contribution is 5.28. The molecule has 2 N–H and O–H groups in total. The summed E-state index contributed by atoms with van der Waals surface area (Å²) in [5, 5.41) is 0. The molecule has 1 saturated carbocycles. The summed E-state index contributed by atoms with van der Waals surface area (Å²) in [6, 6.07) is -0.0867. The van der Waals surface area contributed by atoms with Crippen molar-refractivity contribution in [2.45, 2.75) is 18.4 Å². The first-order valence-electron chi connectivity index (χ1n) is 3.74. The summed E-state index contributed by atoms with van der Waals surface area (Å²) in [6.07, 6.45) is 2.70. The SMILES string of the molecule is NC1CC1c1c(F)cncc1F. The van der Waals surface area contributed by atoms with E-state index in [0.29, 0.717) is 6.42 Å². The van der Waals surface area contributed by atoms with Gasteiger partial charge in [0.2, 0.25) is 0 Å². The van der Waals surface area contributed by atoms with Crippen LogP contribution in [0.5, 0.6) is 0 Å². The summed E-state index contributed by atoms with van der Waals surface area (Å²) < 4.78 is 25.9. The lowest BCUT2D eigenvalue weighted by Gasteiger charge is -2.00. The van der Waals surface area contributed by atoms with Gasteiger partial charge in [0, 0.05) is 17.5 Å². The summed E-state index contributed by atoms with van der Waals surface area (Å²) in [7, 11) is 0. The molecule has 2 unspecified atom stereocenters. The fourth-order valence-corrected chi connectivity index (χ4v) is 1.32.